The monoisotopic (exact) mass is 525 g/mol. The van der Waals surface area contributed by atoms with E-state index in [1.54, 1.807) is 0 Å². The van der Waals surface area contributed by atoms with Crippen LogP contribution < -0.4 is 0 Å². The predicted molar refractivity (Wildman–Crippen MR) is 166 cm³/mol. The van der Waals surface area contributed by atoms with Gasteiger partial charge in [0.25, 0.3) is 0 Å². The molecule has 4 nitrogen and oxygen atoms in total. The Morgan fingerprint density at radius 1 is 0.366 bits per heavy atom. The summed E-state index contributed by atoms with van der Waals surface area (Å²) >= 11 is 0. The van der Waals surface area contributed by atoms with Crippen molar-refractivity contribution in [1.82, 2.24) is 15.0 Å². The molecule has 6 aromatic carbocycles. The molecule has 0 radical (unpaired) electrons. The van der Waals surface area contributed by atoms with E-state index in [9.17, 15) is 0 Å². The van der Waals surface area contributed by atoms with Crippen LogP contribution in [0.15, 0.2) is 144 Å². The van der Waals surface area contributed by atoms with Gasteiger partial charge >= 0.3 is 0 Å². The third kappa shape index (κ3) is 4.05. The van der Waals surface area contributed by atoms with Gasteiger partial charge in [-0.1, -0.05) is 121 Å². The van der Waals surface area contributed by atoms with Crippen molar-refractivity contribution in [3.63, 3.8) is 0 Å². The van der Waals surface area contributed by atoms with Crippen molar-refractivity contribution in [3.05, 3.63) is 140 Å². The lowest BCUT2D eigenvalue weighted by Gasteiger charge is -2.11. The number of rotatable bonds is 4. The van der Waals surface area contributed by atoms with E-state index < -0.39 is 0 Å². The Kier molecular flexibility index (Phi) is 5.42. The highest BCUT2D eigenvalue weighted by Gasteiger charge is 2.19. The molecule has 2 heterocycles. The average Bonchev–Trinajstić information content (AvgIpc) is 3.43. The average molecular weight is 526 g/mol. The van der Waals surface area contributed by atoms with Gasteiger partial charge in [-0.3, -0.25) is 0 Å². The molecule has 0 fully saturated rings. The number of furan rings is 1. The number of aromatic nitrogens is 3. The fourth-order valence-electron chi connectivity index (χ4n) is 5.52. The van der Waals surface area contributed by atoms with Crippen LogP contribution in [0.25, 0.3) is 78.0 Å². The minimum absolute atomic E-state index is 0.629. The smallest absolute Gasteiger partial charge is 0.164 e. The minimum atomic E-state index is 0.629. The van der Waals surface area contributed by atoms with Gasteiger partial charge in [-0.05, 0) is 34.7 Å². The number of hydrogen-bond acceptors (Lipinski definition) is 4. The van der Waals surface area contributed by atoms with Gasteiger partial charge in [-0.25, -0.2) is 15.0 Å². The summed E-state index contributed by atoms with van der Waals surface area (Å²) in [7, 11) is 0. The zero-order chi connectivity index (χ0) is 27.2. The highest BCUT2D eigenvalue weighted by atomic mass is 16.3. The van der Waals surface area contributed by atoms with Gasteiger partial charge in [0.15, 0.2) is 17.5 Å². The third-order valence-corrected chi connectivity index (χ3v) is 7.52. The summed E-state index contributed by atoms with van der Waals surface area (Å²) in [6.07, 6.45) is 0. The lowest BCUT2D eigenvalue weighted by Crippen LogP contribution is -2.00. The third-order valence-electron chi connectivity index (χ3n) is 7.52. The van der Waals surface area contributed by atoms with Crippen molar-refractivity contribution in [1.29, 1.82) is 0 Å². The molecular weight excluding hydrogens is 502 g/mol. The first-order valence-corrected chi connectivity index (χ1v) is 13.6. The van der Waals surface area contributed by atoms with Gasteiger partial charge in [0.1, 0.15) is 11.2 Å². The maximum atomic E-state index is 6.48. The molecule has 0 saturated heterocycles. The molecule has 0 amide bonds. The van der Waals surface area contributed by atoms with E-state index in [0.717, 1.165) is 55.0 Å². The maximum Gasteiger partial charge on any atom is 0.164 e. The van der Waals surface area contributed by atoms with E-state index in [1.165, 1.54) is 5.56 Å². The van der Waals surface area contributed by atoms with Crippen LogP contribution >= 0.6 is 0 Å². The maximum absolute atomic E-state index is 6.48. The Hall–Kier alpha value is -5.61. The van der Waals surface area contributed by atoms with Crippen molar-refractivity contribution >= 4 is 32.7 Å². The largest absolute Gasteiger partial charge is 0.455 e. The summed E-state index contributed by atoms with van der Waals surface area (Å²) in [6, 6.07) is 47.5. The molecule has 41 heavy (non-hydrogen) atoms. The van der Waals surface area contributed by atoms with Gasteiger partial charge in [0, 0.05) is 32.8 Å². The number of fused-ring (bicyclic) bond motifs is 5. The first-order chi connectivity index (χ1) is 20.3. The molecule has 8 aromatic rings. The summed E-state index contributed by atoms with van der Waals surface area (Å²) in [5, 5.41) is 4.16. The van der Waals surface area contributed by atoms with Gasteiger partial charge in [-0.2, -0.15) is 0 Å². The zero-order valence-electron chi connectivity index (χ0n) is 22.0. The lowest BCUT2D eigenvalue weighted by atomic mass is 9.98. The molecule has 0 aliphatic heterocycles. The highest BCUT2D eigenvalue weighted by molar-refractivity contribution is 6.19. The number of hydrogen-bond donors (Lipinski definition) is 0. The Morgan fingerprint density at radius 3 is 1.54 bits per heavy atom. The van der Waals surface area contributed by atoms with Crippen LogP contribution in [-0.4, -0.2) is 15.0 Å². The SMILES string of the molecule is c1ccc(-c2ccc3oc4c5ccccc5c(-c5nc(-c6ccccc6)nc(-c6ccccc6)n5)cc4c3c2)cc1. The fourth-order valence-corrected chi connectivity index (χ4v) is 5.52. The second-order valence-corrected chi connectivity index (χ2v) is 10.1. The first kappa shape index (κ1) is 23.3. The molecule has 0 aliphatic rings. The van der Waals surface area contributed by atoms with E-state index in [1.807, 2.05) is 78.9 Å². The summed E-state index contributed by atoms with van der Waals surface area (Å²) < 4.78 is 6.48. The van der Waals surface area contributed by atoms with Gasteiger partial charge in [-0.15, -0.1) is 0 Å². The van der Waals surface area contributed by atoms with Crippen molar-refractivity contribution < 1.29 is 4.42 Å². The van der Waals surface area contributed by atoms with Crippen LogP contribution in [0.4, 0.5) is 0 Å². The van der Waals surface area contributed by atoms with Crippen molar-refractivity contribution in [2.75, 3.05) is 0 Å². The Balaban J connectivity index is 1.42. The molecule has 0 spiro atoms. The highest BCUT2D eigenvalue weighted by Crippen LogP contribution is 2.40. The summed E-state index contributed by atoms with van der Waals surface area (Å²) in [5.74, 6) is 1.91. The van der Waals surface area contributed by atoms with E-state index in [4.69, 9.17) is 19.4 Å². The van der Waals surface area contributed by atoms with Crippen molar-refractivity contribution in [2.24, 2.45) is 0 Å². The van der Waals surface area contributed by atoms with Crippen LogP contribution in [0.5, 0.6) is 0 Å². The zero-order valence-corrected chi connectivity index (χ0v) is 22.0. The minimum Gasteiger partial charge on any atom is -0.455 e. The van der Waals surface area contributed by atoms with Crippen LogP contribution in [0.2, 0.25) is 0 Å². The van der Waals surface area contributed by atoms with E-state index in [2.05, 4.69) is 60.7 Å². The summed E-state index contributed by atoms with van der Waals surface area (Å²) in [5.41, 5.74) is 6.87. The molecule has 0 atom stereocenters. The Bertz CT molecular complexity index is 2130. The molecule has 0 bridgehead atoms. The van der Waals surface area contributed by atoms with E-state index in [0.29, 0.717) is 17.5 Å². The van der Waals surface area contributed by atoms with Gasteiger partial charge in [0.05, 0.1) is 0 Å². The molecule has 0 N–H and O–H groups in total. The topological polar surface area (TPSA) is 51.8 Å². The van der Waals surface area contributed by atoms with Crippen LogP contribution in [0.1, 0.15) is 0 Å². The predicted octanol–water partition coefficient (Wildman–Crippen LogP) is 9.59. The molecule has 0 unspecified atom stereocenters. The summed E-state index contributed by atoms with van der Waals surface area (Å²) in [4.78, 5) is 15.0. The quantitative estimate of drug-likeness (QED) is 0.230. The molecule has 0 saturated carbocycles. The second-order valence-electron chi connectivity index (χ2n) is 10.1. The Morgan fingerprint density at radius 2 is 0.902 bits per heavy atom. The fraction of sp³-hybridized carbons (Fsp3) is 0. The van der Waals surface area contributed by atoms with E-state index >= 15 is 0 Å². The molecule has 192 valence electrons. The van der Waals surface area contributed by atoms with Gasteiger partial charge in [0.2, 0.25) is 0 Å². The van der Waals surface area contributed by atoms with Crippen molar-refractivity contribution in [2.45, 2.75) is 0 Å². The van der Waals surface area contributed by atoms with Crippen LogP contribution in [0, 0.1) is 0 Å². The number of nitrogens with zero attached hydrogens (tertiary/aromatic N) is 3. The molecule has 2 aromatic heterocycles. The van der Waals surface area contributed by atoms with Gasteiger partial charge < -0.3 is 4.42 Å². The molecule has 4 heteroatoms. The standard InChI is InChI=1S/C37H23N3O/c1-4-12-24(13-5-1)27-20-21-33-30(22-27)31-23-32(28-18-10-11-19-29(28)34(31)41-33)37-39-35(25-14-6-2-7-15-25)38-36(40-37)26-16-8-3-9-17-26/h1-23H. The van der Waals surface area contributed by atoms with Crippen LogP contribution in [-0.2, 0) is 0 Å². The molecule has 0 aliphatic carbocycles. The normalized spacial score (nSPS) is 11.4. The molecular formula is C37H23N3O. The lowest BCUT2D eigenvalue weighted by molar-refractivity contribution is 0.673. The summed E-state index contributed by atoms with van der Waals surface area (Å²) in [6.45, 7) is 0. The van der Waals surface area contributed by atoms with E-state index in [-0.39, 0.29) is 0 Å². The second kappa shape index (κ2) is 9.54. The Labute approximate surface area is 236 Å². The van der Waals surface area contributed by atoms with Crippen LogP contribution in [0.3, 0.4) is 0 Å². The number of benzene rings is 6. The van der Waals surface area contributed by atoms with Crippen molar-refractivity contribution in [3.8, 4) is 45.3 Å². The first-order valence-electron chi connectivity index (χ1n) is 13.6. The molecule has 8 rings (SSSR count).